The van der Waals surface area contributed by atoms with E-state index in [0.29, 0.717) is 4.90 Å². The molecule has 0 heterocycles. The van der Waals surface area contributed by atoms with Gasteiger partial charge in [-0.1, -0.05) is 0 Å². The van der Waals surface area contributed by atoms with E-state index in [2.05, 4.69) is 0 Å². The van der Waals surface area contributed by atoms with E-state index in [0.717, 1.165) is 5.56 Å². The molecule has 0 saturated heterocycles. The van der Waals surface area contributed by atoms with E-state index in [1.807, 2.05) is 19.1 Å². The average Bonchev–Trinajstić information content (AvgIpc) is 1.86. The van der Waals surface area contributed by atoms with Crippen molar-refractivity contribution in [1.82, 2.24) is 0 Å². The van der Waals surface area contributed by atoms with Gasteiger partial charge in [0.15, 0.2) is 0 Å². The van der Waals surface area contributed by atoms with E-state index in [1.54, 1.807) is 12.1 Å². The molecular formula is C7H8O2SSn. The van der Waals surface area contributed by atoms with Crippen LogP contribution < -0.4 is 0 Å². The van der Waals surface area contributed by atoms with Gasteiger partial charge in [-0.15, -0.1) is 0 Å². The van der Waals surface area contributed by atoms with Crippen LogP contribution >= 0.6 is 0 Å². The minimum atomic E-state index is -2.89. The molecule has 0 aliphatic rings. The van der Waals surface area contributed by atoms with Crippen LogP contribution in [-0.4, -0.2) is 29.6 Å². The van der Waals surface area contributed by atoms with Crippen LogP contribution in [0.1, 0.15) is 5.56 Å². The standard InChI is InChI=1S/C7H7O2S.Sn.H/c1-6-2-4-7(5-3-6)10(8)9;;/h2-5H,1H3;;. The zero-order valence-electron chi connectivity index (χ0n) is 6.11. The van der Waals surface area contributed by atoms with Gasteiger partial charge in [-0.05, 0) is 0 Å². The summed E-state index contributed by atoms with van der Waals surface area (Å²) in [5, 5.41) is 0. The van der Waals surface area contributed by atoms with Gasteiger partial charge < -0.3 is 0 Å². The summed E-state index contributed by atoms with van der Waals surface area (Å²) in [5.41, 5.74) is 1.08. The van der Waals surface area contributed by atoms with E-state index in [9.17, 15) is 8.42 Å². The van der Waals surface area contributed by atoms with Crippen LogP contribution in [0.4, 0.5) is 0 Å². The van der Waals surface area contributed by atoms with Crippen LogP contribution in [0.25, 0.3) is 0 Å². The molecule has 0 N–H and O–H groups in total. The number of rotatable bonds is 1. The van der Waals surface area contributed by atoms with Crippen LogP contribution in [0.15, 0.2) is 29.2 Å². The van der Waals surface area contributed by atoms with Gasteiger partial charge in [0.1, 0.15) is 0 Å². The quantitative estimate of drug-likeness (QED) is 0.703. The average molecular weight is 275 g/mol. The number of benzene rings is 1. The molecule has 0 aliphatic carbocycles. The third-order valence-electron chi connectivity index (χ3n) is 1.35. The van der Waals surface area contributed by atoms with Crippen molar-refractivity contribution in [2.75, 3.05) is 0 Å². The molecule has 0 aliphatic heterocycles. The molecule has 1 aromatic rings. The summed E-state index contributed by atoms with van der Waals surface area (Å²) >= 11 is 0.251. The molecule has 0 amide bonds. The van der Waals surface area contributed by atoms with E-state index < -0.39 is 7.02 Å². The number of aryl methyl sites for hydroxylation is 1. The first kappa shape index (κ1) is 9.06. The summed E-state index contributed by atoms with van der Waals surface area (Å²) in [6.07, 6.45) is 0. The van der Waals surface area contributed by atoms with E-state index in [1.165, 1.54) is 0 Å². The Hall–Kier alpha value is -0.0313. The summed E-state index contributed by atoms with van der Waals surface area (Å²) in [6, 6.07) is 6.91. The summed E-state index contributed by atoms with van der Waals surface area (Å²) in [4.78, 5) is 0.436. The molecule has 11 heavy (non-hydrogen) atoms. The van der Waals surface area contributed by atoms with Crippen molar-refractivity contribution in [2.24, 2.45) is 0 Å². The van der Waals surface area contributed by atoms with Crippen LogP contribution in [0.5, 0.6) is 0 Å². The predicted octanol–water partition coefficient (Wildman–Crippen LogP) is 0.585. The topological polar surface area (TPSA) is 34.1 Å². The molecule has 2 nitrogen and oxygen atoms in total. The van der Waals surface area contributed by atoms with E-state index >= 15 is 0 Å². The second-order valence-electron chi connectivity index (χ2n) is 2.36. The van der Waals surface area contributed by atoms with Crippen molar-refractivity contribution in [2.45, 2.75) is 11.8 Å². The first-order valence-corrected chi connectivity index (χ1v) is 8.68. The van der Waals surface area contributed by atoms with Crippen molar-refractivity contribution in [1.29, 1.82) is 0 Å². The van der Waals surface area contributed by atoms with Gasteiger partial charge in [0.25, 0.3) is 0 Å². The molecule has 1 aromatic carbocycles. The van der Waals surface area contributed by atoms with Crippen LogP contribution in [0.2, 0.25) is 0 Å². The van der Waals surface area contributed by atoms with E-state index in [4.69, 9.17) is 0 Å². The third-order valence-corrected chi connectivity index (χ3v) is 4.61. The normalized spacial score (nSPS) is 11.5. The summed E-state index contributed by atoms with van der Waals surface area (Å²) < 4.78 is 22.0. The molecule has 1 rings (SSSR count). The van der Waals surface area contributed by atoms with Gasteiger partial charge in [0, 0.05) is 0 Å². The van der Waals surface area contributed by atoms with Crippen molar-refractivity contribution in [3.63, 3.8) is 0 Å². The fourth-order valence-corrected chi connectivity index (χ4v) is 2.59. The molecule has 0 saturated carbocycles. The first-order valence-electron chi connectivity index (χ1n) is 3.09. The zero-order chi connectivity index (χ0) is 8.48. The SMILES string of the molecule is Cc1ccc([S](=O)(=O)[SnH])cc1. The van der Waals surface area contributed by atoms with Gasteiger partial charge in [0.2, 0.25) is 0 Å². The Morgan fingerprint density at radius 2 is 1.64 bits per heavy atom. The van der Waals surface area contributed by atoms with Gasteiger partial charge >= 0.3 is 78.2 Å². The van der Waals surface area contributed by atoms with Crippen LogP contribution in [0.3, 0.4) is 0 Å². The van der Waals surface area contributed by atoms with Crippen LogP contribution in [0, 0.1) is 6.92 Å². The summed E-state index contributed by atoms with van der Waals surface area (Å²) in [6.45, 7) is 1.93. The Morgan fingerprint density at radius 3 is 2.00 bits per heavy atom. The molecule has 0 unspecified atom stereocenters. The van der Waals surface area contributed by atoms with Crippen molar-refractivity contribution in [3.8, 4) is 0 Å². The van der Waals surface area contributed by atoms with Gasteiger partial charge in [-0.3, -0.25) is 0 Å². The maximum atomic E-state index is 11.0. The molecule has 58 valence electrons. The Morgan fingerprint density at radius 1 is 1.18 bits per heavy atom. The Balaban J connectivity index is 3.20. The number of hydrogen-bond acceptors (Lipinski definition) is 2. The molecule has 0 atom stereocenters. The Kier molecular flexibility index (Phi) is 2.59. The molecule has 0 spiro atoms. The van der Waals surface area contributed by atoms with Crippen LogP contribution in [-0.2, 0) is 7.02 Å². The Bertz CT molecular complexity index is 339. The molecule has 0 aromatic heterocycles. The zero-order valence-corrected chi connectivity index (χ0v) is 10.2. The van der Waals surface area contributed by atoms with E-state index in [-0.39, 0.29) is 21.1 Å². The summed E-state index contributed by atoms with van der Waals surface area (Å²) in [5.74, 6) is 0. The van der Waals surface area contributed by atoms with Gasteiger partial charge in [-0.2, -0.15) is 0 Å². The fraction of sp³-hybridized carbons (Fsp3) is 0.143. The fourth-order valence-electron chi connectivity index (χ4n) is 0.728. The molecule has 4 heteroatoms. The van der Waals surface area contributed by atoms with Crippen molar-refractivity contribution in [3.05, 3.63) is 29.8 Å². The molecule has 0 bridgehead atoms. The third kappa shape index (κ3) is 2.48. The first-order chi connectivity index (χ1) is 5.00. The molecule has 0 fully saturated rings. The molecular weight excluding hydrogens is 267 g/mol. The van der Waals surface area contributed by atoms with Crippen molar-refractivity contribution >= 4 is 28.2 Å². The van der Waals surface area contributed by atoms with Gasteiger partial charge in [0.05, 0.1) is 0 Å². The number of hydrogen-bond donors (Lipinski definition) is 0. The minimum absolute atomic E-state index is 0.251. The maximum absolute atomic E-state index is 11.0. The van der Waals surface area contributed by atoms with Crippen molar-refractivity contribution < 1.29 is 8.42 Å². The second-order valence-corrected chi connectivity index (χ2v) is 9.23. The molecule has 2 radical (unpaired) electrons. The summed E-state index contributed by atoms with van der Waals surface area (Å²) in [7, 11) is -2.89. The van der Waals surface area contributed by atoms with Gasteiger partial charge in [-0.25, -0.2) is 0 Å². The predicted molar refractivity (Wildman–Crippen MR) is 45.5 cm³/mol. The Labute approximate surface area is 78.1 Å². The monoisotopic (exact) mass is 276 g/mol. The second kappa shape index (κ2) is 3.14.